The van der Waals surface area contributed by atoms with Gasteiger partial charge in [0.2, 0.25) is 0 Å². The van der Waals surface area contributed by atoms with Gasteiger partial charge in [0.25, 0.3) is 0 Å². The van der Waals surface area contributed by atoms with Crippen molar-refractivity contribution >= 4 is 17.7 Å². The molecule has 1 aliphatic heterocycles. The topological polar surface area (TPSA) is 46.5 Å². The van der Waals surface area contributed by atoms with Gasteiger partial charge in [0.05, 0.1) is 19.0 Å². The highest BCUT2D eigenvalue weighted by molar-refractivity contribution is 8.00. The number of thioether (sulfide) groups is 1. The van der Waals surface area contributed by atoms with Crippen molar-refractivity contribution in [1.29, 1.82) is 0 Å². The number of carboxylic acid groups (broad SMARTS) is 1. The van der Waals surface area contributed by atoms with Crippen molar-refractivity contribution in [2.75, 3.05) is 12.5 Å². The van der Waals surface area contributed by atoms with Crippen molar-refractivity contribution < 1.29 is 14.6 Å². The molecule has 0 aliphatic carbocycles. The molecule has 0 aromatic heterocycles. The van der Waals surface area contributed by atoms with E-state index in [0.717, 1.165) is 0 Å². The molecule has 1 unspecified atom stereocenters. The molecule has 1 aliphatic rings. The molecule has 3 nitrogen and oxygen atoms in total. The fourth-order valence-electron chi connectivity index (χ4n) is 0.685. The molecule has 1 atom stereocenters. The fourth-order valence-corrected chi connectivity index (χ4v) is 1.52. The maximum atomic E-state index is 10.1. The van der Waals surface area contributed by atoms with Gasteiger partial charge in [-0.15, -0.1) is 11.8 Å². The molecule has 0 spiro atoms. The average molecular weight is 148 g/mol. The smallest absolute Gasteiger partial charge is 0.304 e. The van der Waals surface area contributed by atoms with Crippen LogP contribution in [-0.4, -0.2) is 28.9 Å². The maximum absolute atomic E-state index is 10.1. The van der Waals surface area contributed by atoms with Crippen LogP contribution in [0.15, 0.2) is 0 Å². The first kappa shape index (κ1) is 6.89. The normalized spacial score (nSPS) is 26.4. The molecule has 1 rings (SSSR count). The van der Waals surface area contributed by atoms with E-state index in [0.29, 0.717) is 12.5 Å². The molecule has 52 valence electrons. The highest BCUT2D eigenvalue weighted by Crippen LogP contribution is 2.21. The van der Waals surface area contributed by atoms with Crippen molar-refractivity contribution in [3.05, 3.63) is 0 Å². The summed E-state index contributed by atoms with van der Waals surface area (Å²) in [6, 6.07) is 0. The van der Waals surface area contributed by atoms with Gasteiger partial charge >= 0.3 is 5.97 Å². The van der Waals surface area contributed by atoms with E-state index in [4.69, 9.17) is 9.84 Å². The minimum atomic E-state index is -0.738. The molecule has 1 fully saturated rings. The average Bonchev–Trinajstić information content (AvgIpc) is 2.15. The Morgan fingerprint density at radius 3 is 3.11 bits per heavy atom. The predicted octanol–water partition coefficient (Wildman–Crippen LogP) is 0.551. The van der Waals surface area contributed by atoms with Gasteiger partial charge in [-0.3, -0.25) is 4.79 Å². The van der Waals surface area contributed by atoms with Gasteiger partial charge in [-0.25, -0.2) is 0 Å². The van der Waals surface area contributed by atoms with Crippen LogP contribution in [0.25, 0.3) is 0 Å². The van der Waals surface area contributed by atoms with Crippen molar-refractivity contribution in [2.24, 2.45) is 0 Å². The summed E-state index contributed by atoms with van der Waals surface area (Å²) in [5.41, 5.74) is 0. The van der Waals surface area contributed by atoms with Gasteiger partial charge < -0.3 is 9.84 Å². The lowest BCUT2D eigenvalue weighted by Gasteiger charge is -1.98. The number of aliphatic carboxylic acids is 1. The summed E-state index contributed by atoms with van der Waals surface area (Å²) >= 11 is 1.57. The number of carbonyl (C=O) groups is 1. The zero-order valence-corrected chi connectivity index (χ0v) is 5.69. The van der Waals surface area contributed by atoms with Crippen LogP contribution in [-0.2, 0) is 9.53 Å². The lowest BCUT2D eigenvalue weighted by atomic mass is 10.3. The first-order valence-corrected chi connectivity index (χ1v) is 3.75. The Morgan fingerprint density at radius 1 is 1.89 bits per heavy atom. The second-order valence-electron chi connectivity index (χ2n) is 1.88. The molecule has 0 radical (unpaired) electrons. The van der Waals surface area contributed by atoms with E-state index in [9.17, 15) is 4.79 Å². The zero-order valence-electron chi connectivity index (χ0n) is 4.87. The maximum Gasteiger partial charge on any atom is 0.304 e. The third kappa shape index (κ3) is 2.24. The quantitative estimate of drug-likeness (QED) is 0.621. The lowest BCUT2D eigenvalue weighted by molar-refractivity contribution is -0.137. The Labute approximate surface area is 57.4 Å². The SMILES string of the molecule is O=C(O)CC1COCS1. The van der Waals surface area contributed by atoms with E-state index >= 15 is 0 Å². The first-order chi connectivity index (χ1) is 4.29. The van der Waals surface area contributed by atoms with Gasteiger partial charge in [-0.1, -0.05) is 0 Å². The number of hydrogen-bond acceptors (Lipinski definition) is 3. The van der Waals surface area contributed by atoms with Gasteiger partial charge in [0.15, 0.2) is 0 Å². The number of ether oxygens (including phenoxy) is 1. The molecule has 0 aromatic carbocycles. The van der Waals surface area contributed by atoms with Gasteiger partial charge in [0, 0.05) is 5.25 Å². The standard InChI is InChI=1S/C5H8O3S/c6-5(7)1-4-2-8-3-9-4/h4H,1-3H2,(H,6,7). The van der Waals surface area contributed by atoms with Gasteiger partial charge in [-0.2, -0.15) is 0 Å². The van der Waals surface area contributed by atoms with Crippen molar-refractivity contribution in [2.45, 2.75) is 11.7 Å². The van der Waals surface area contributed by atoms with E-state index in [1.165, 1.54) is 0 Å². The molecule has 0 amide bonds. The second-order valence-corrected chi connectivity index (χ2v) is 3.11. The van der Waals surface area contributed by atoms with E-state index in [1.54, 1.807) is 11.8 Å². The number of hydrogen-bond donors (Lipinski definition) is 1. The molecule has 0 saturated carbocycles. The summed E-state index contributed by atoms with van der Waals surface area (Å²) in [6.45, 7) is 0.594. The Morgan fingerprint density at radius 2 is 2.67 bits per heavy atom. The highest BCUT2D eigenvalue weighted by Gasteiger charge is 2.18. The molecule has 9 heavy (non-hydrogen) atoms. The lowest BCUT2D eigenvalue weighted by Crippen LogP contribution is -2.09. The third-order valence-corrected chi connectivity index (χ3v) is 2.17. The second kappa shape index (κ2) is 3.08. The van der Waals surface area contributed by atoms with Crippen molar-refractivity contribution in [1.82, 2.24) is 0 Å². The number of rotatable bonds is 2. The molecule has 1 heterocycles. The zero-order chi connectivity index (χ0) is 6.69. The highest BCUT2D eigenvalue weighted by atomic mass is 32.2. The minimum Gasteiger partial charge on any atom is -0.481 e. The van der Waals surface area contributed by atoms with Crippen LogP contribution >= 0.6 is 11.8 Å². The summed E-state index contributed by atoms with van der Waals surface area (Å²) in [4.78, 5) is 10.1. The molecular formula is C5H8O3S. The summed E-state index contributed by atoms with van der Waals surface area (Å²) in [7, 11) is 0. The van der Waals surface area contributed by atoms with Crippen molar-refractivity contribution in [3.8, 4) is 0 Å². The summed E-state index contributed by atoms with van der Waals surface area (Å²) in [5.74, 6) is -0.0872. The molecule has 0 aromatic rings. The summed E-state index contributed by atoms with van der Waals surface area (Å²) in [5, 5.41) is 8.49. The Hall–Kier alpha value is -0.220. The van der Waals surface area contributed by atoms with Gasteiger partial charge in [-0.05, 0) is 0 Å². The molecule has 4 heteroatoms. The van der Waals surface area contributed by atoms with Crippen molar-refractivity contribution in [3.63, 3.8) is 0 Å². The monoisotopic (exact) mass is 148 g/mol. The number of carboxylic acids is 1. The van der Waals surface area contributed by atoms with Gasteiger partial charge in [0.1, 0.15) is 0 Å². The summed E-state index contributed by atoms with van der Waals surface area (Å²) < 4.78 is 4.96. The summed E-state index contributed by atoms with van der Waals surface area (Å²) in [6.07, 6.45) is 0.227. The molecule has 1 N–H and O–H groups in total. The molecular weight excluding hydrogens is 140 g/mol. The van der Waals surface area contributed by atoms with Crippen LogP contribution in [0.1, 0.15) is 6.42 Å². The Bertz CT molecular complexity index is 109. The van der Waals surface area contributed by atoms with E-state index in [-0.39, 0.29) is 11.7 Å². The Balaban J connectivity index is 2.19. The fraction of sp³-hybridized carbons (Fsp3) is 0.800. The van der Waals surface area contributed by atoms with Crippen LogP contribution in [0.4, 0.5) is 0 Å². The predicted molar refractivity (Wildman–Crippen MR) is 34.5 cm³/mol. The van der Waals surface area contributed by atoms with E-state index < -0.39 is 5.97 Å². The largest absolute Gasteiger partial charge is 0.481 e. The van der Waals surface area contributed by atoms with E-state index in [1.807, 2.05) is 0 Å². The third-order valence-electron chi connectivity index (χ3n) is 1.09. The first-order valence-electron chi connectivity index (χ1n) is 2.70. The van der Waals surface area contributed by atoms with Crippen LogP contribution in [0, 0.1) is 0 Å². The minimum absolute atomic E-state index is 0.183. The van der Waals surface area contributed by atoms with Crippen LogP contribution in [0.3, 0.4) is 0 Å². The van der Waals surface area contributed by atoms with Crippen LogP contribution in [0.2, 0.25) is 0 Å². The van der Waals surface area contributed by atoms with Crippen LogP contribution in [0.5, 0.6) is 0 Å². The molecule has 0 bridgehead atoms. The van der Waals surface area contributed by atoms with Crippen LogP contribution < -0.4 is 0 Å². The Kier molecular flexibility index (Phi) is 2.36. The van der Waals surface area contributed by atoms with E-state index in [2.05, 4.69) is 0 Å². The molecule has 1 saturated heterocycles.